The monoisotopic (exact) mass is 292 g/mol. The predicted molar refractivity (Wildman–Crippen MR) is 90.2 cm³/mol. The van der Waals surface area contributed by atoms with E-state index in [1.807, 2.05) is 0 Å². The van der Waals surface area contributed by atoms with Crippen molar-refractivity contribution in [3.8, 4) is 5.75 Å². The minimum Gasteiger partial charge on any atom is -0.487 e. The van der Waals surface area contributed by atoms with Crippen LogP contribution in [0.15, 0.2) is 54.2 Å². The molecule has 1 aromatic carbocycles. The number of allylic oxidation sites excluding steroid dienone is 4. The Kier molecular flexibility index (Phi) is 3.57. The summed E-state index contributed by atoms with van der Waals surface area (Å²) in [5.74, 6) is 0.939. The van der Waals surface area contributed by atoms with Crippen LogP contribution in [0.5, 0.6) is 5.75 Å². The largest absolute Gasteiger partial charge is 0.487 e. The molecule has 0 saturated heterocycles. The van der Waals surface area contributed by atoms with Gasteiger partial charge < -0.3 is 15.0 Å². The summed E-state index contributed by atoms with van der Waals surface area (Å²) in [5.41, 5.74) is 5.07. The molecule has 1 aliphatic carbocycles. The molecule has 3 heteroatoms. The summed E-state index contributed by atoms with van der Waals surface area (Å²) in [6.07, 6.45) is 12.7. The van der Waals surface area contributed by atoms with Crippen molar-refractivity contribution in [1.82, 2.24) is 10.3 Å². The van der Waals surface area contributed by atoms with E-state index in [2.05, 4.69) is 58.9 Å². The number of aromatic nitrogens is 1. The van der Waals surface area contributed by atoms with Gasteiger partial charge in [-0.15, -0.1) is 0 Å². The lowest BCUT2D eigenvalue weighted by Crippen LogP contribution is -2.22. The van der Waals surface area contributed by atoms with Crippen molar-refractivity contribution in [2.75, 3.05) is 13.2 Å². The van der Waals surface area contributed by atoms with Crippen LogP contribution in [0.2, 0.25) is 0 Å². The molecule has 112 valence electrons. The minimum absolute atomic E-state index is 0.599. The number of hydrogen-bond acceptors (Lipinski definition) is 2. The molecule has 0 amide bonds. The fourth-order valence-corrected chi connectivity index (χ4v) is 3.16. The van der Waals surface area contributed by atoms with Crippen molar-refractivity contribution >= 4 is 10.9 Å². The molecule has 0 radical (unpaired) electrons. The lowest BCUT2D eigenvalue weighted by atomic mass is 10.0. The van der Waals surface area contributed by atoms with Gasteiger partial charge in [0, 0.05) is 17.6 Å². The van der Waals surface area contributed by atoms with Crippen LogP contribution in [-0.4, -0.2) is 18.1 Å². The second-order valence-corrected chi connectivity index (χ2v) is 5.78. The molecule has 1 aromatic heterocycles. The second-order valence-electron chi connectivity index (χ2n) is 5.78. The normalized spacial score (nSPS) is 17.2. The SMILES string of the molecule is C1=CCC=CC(COc2cccc3c4c([nH]c23)CNCC4)=C1. The first kappa shape index (κ1) is 13.4. The van der Waals surface area contributed by atoms with E-state index in [0.717, 1.165) is 37.2 Å². The number of rotatable bonds is 3. The molecule has 2 aromatic rings. The fraction of sp³-hybridized carbons (Fsp3) is 0.263. The number of fused-ring (bicyclic) bond motifs is 3. The Morgan fingerprint density at radius 1 is 1.18 bits per heavy atom. The Bertz CT molecular complexity index is 780. The number of hydrogen-bond donors (Lipinski definition) is 2. The molecule has 22 heavy (non-hydrogen) atoms. The van der Waals surface area contributed by atoms with Gasteiger partial charge >= 0.3 is 0 Å². The average Bonchev–Trinajstić information content (AvgIpc) is 2.75. The summed E-state index contributed by atoms with van der Waals surface area (Å²) >= 11 is 0. The van der Waals surface area contributed by atoms with Crippen LogP contribution in [0.4, 0.5) is 0 Å². The molecule has 3 nitrogen and oxygen atoms in total. The Labute approximate surface area is 130 Å². The lowest BCUT2D eigenvalue weighted by molar-refractivity contribution is 0.359. The first-order chi connectivity index (χ1) is 10.9. The van der Waals surface area contributed by atoms with Gasteiger partial charge in [-0.3, -0.25) is 0 Å². The van der Waals surface area contributed by atoms with Gasteiger partial charge in [-0.05, 0) is 36.6 Å². The smallest absolute Gasteiger partial charge is 0.143 e. The summed E-state index contributed by atoms with van der Waals surface area (Å²) in [4.78, 5) is 3.55. The van der Waals surface area contributed by atoms with Gasteiger partial charge in [-0.2, -0.15) is 0 Å². The number of benzene rings is 1. The zero-order chi connectivity index (χ0) is 14.8. The van der Waals surface area contributed by atoms with E-state index in [9.17, 15) is 0 Å². The van der Waals surface area contributed by atoms with Gasteiger partial charge in [0.05, 0.1) is 5.52 Å². The molecule has 0 unspecified atom stereocenters. The summed E-state index contributed by atoms with van der Waals surface area (Å²) < 4.78 is 6.09. The van der Waals surface area contributed by atoms with Crippen LogP contribution in [-0.2, 0) is 13.0 Å². The molecular weight excluding hydrogens is 272 g/mol. The van der Waals surface area contributed by atoms with Crippen LogP contribution in [0, 0.1) is 0 Å². The van der Waals surface area contributed by atoms with Gasteiger partial charge in [0.1, 0.15) is 12.4 Å². The number of H-pyrrole nitrogens is 1. The van der Waals surface area contributed by atoms with Gasteiger partial charge in [0.25, 0.3) is 0 Å². The van der Waals surface area contributed by atoms with Gasteiger partial charge in [0.15, 0.2) is 0 Å². The van der Waals surface area contributed by atoms with Crippen LogP contribution in [0.3, 0.4) is 0 Å². The van der Waals surface area contributed by atoms with E-state index in [4.69, 9.17) is 4.74 Å². The number of aromatic amines is 1. The Hall–Kier alpha value is -2.26. The average molecular weight is 292 g/mol. The molecule has 0 bridgehead atoms. The highest BCUT2D eigenvalue weighted by Gasteiger charge is 2.17. The maximum Gasteiger partial charge on any atom is 0.143 e. The third kappa shape index (κ3) is 2.48. The minimum atomic E-state index is 0.599. The maximum atomic E-state index is 6.09. The first-order valence-corrected chi connectivity index (χ1v) is 7.90. The van der Waals surface area contributed by atoms with E-state index in [1.165, 1.54) is 22.2 Å². The first-order valence-electron chi connectivity index (χ1n) is 7.90. The molecular formula is C19H20N2O. The van der Waals surface area contributed by atoms with Crippen LogP contribution in [0.1, 0.15) is 17.7 Å². The van der Waals surface area contributed by atoms with Gasteiger partial charge in [0.2, 0.25) is 0 Å². The fourth-order valence-electron chi connectivity index (χ4n) is 3.16. The van der Waals surface area contributed by atoms with E-state index >= 15 is 0 Å². The van der Waals surface area contributed by atoms with Crippen molar-refractivity contribution < 1.29 is 4.74 Å². The van der Waals surface area contributed by atoms with Gasteiger partial charge in [-0.1, -0.05) is 42.5 Å². The second kappa shape index (κ2) is 5.85. The molecule has 2 N–H and O–H groups in total. The highest BCUT2D eigenvalue weighted by Crippen LogP contribution is 2.31. The maximum absolute atomic E-state index is 6.09. The number of ether oxygens (including phenoxy) is 1. The molecule has 2 heterocycles. The van der Waals surface area contributed by atoms with Crippen molar-refractivity contribution in [2.24, 2.45) is 0 Å². The Morgan fingerprint density at radius 3 is 3.18 bits per heavy atom. The topological polar surface area (TPSA) is 37.0 Å². The lowest BCUT2D eigenvalue weighted by Gasteiger charge is -2.12. The van der Waals surface area contributed by atoms with E-state index in [0.29, 0.717) is 6.61 Å². The van der Waals surface area contributed by atoms with Crippen LogP contribution < -0.4 is 10.1 Å². The summed E-state index contributed by atoms with van der Waals surface area (Å²) in [5, 5.41) is 4.72. The van der Waals surface area contributed by atoms with Crippen molar-refractivity contribution in [1.29, 1.82) is 0 Å². The Morgan fingerprint density at radius 2 is 2.18 bits per heavy atom. The zero-order valence-electron chi connectivity index (χ0n) is 12.6. The van der Waals surface area contributed by atoms with E-state index in [-0.39, 0.29) is 0 Å². The highest BCUT2D eigenvalue weighted by atomic mass is 16.5. The van der Waals surface area contributed by atoms with Crippen molar-refractivity contribution in [3.05, 3.63) is 65.4 Å². The molecule has 2 aliphatic rings. The molecule has 0 fully saturated rings. The molecule has 0 saturated carbocycles. The summed E-state index contributed by atoms with van der Waals surface area (Å²) in [6, 6.07) is 6.33. The van der Waals surface area contributed by atoms with E-state index < -0.39 is 0 Å². The van der Waals surface area contributed by atoms with Crippen LogP contribution >= 0.6 is 0 Å². The molecule has 0 atom stereocenters. The Balaban J connectivity index is 1.63. The number of nitrogens with one attached hydrogen (secondary N) is 2. The molecule has 1 aliphatic heterocycles. The summed E-state index contributed by atoms with van der Waals surface area (Å²) in [6.45, 7) is 2.57. The van der Waals surface area contributed by atoms with E-state index in [1.54, 1.807) is 0 Å². The van der Waals surface area contributed by atoms with Crippen molar-refractivity contribution in [3.63, 3.8) is 0 Å². The quantitative estimate of drug-likeness (QED) is 0.906. The van der Waals surface area contributed by atoms with Crippen LogP contribution in [0.25, 0.3) is 10.9 Å². The highest BCUT2D eigenvalue weighted by molar-refractivity contribution is 5.89. The van der Waals surface area contributed by atoms with Crippen molar-refractivity contribution in [2.45, 2.75) is 19.4 Å². The van der Waals surface area contributed by atoms with Gasteiger partial charge in [-0.25, -0.2) is 0 Å². The molecule has 4 rings (SSSR count). The summed E-state index contributed by atoms with van der Waals surface area (Å²) in [7, 11) is 0. The third-order valence-electron chi connectivity index (χ3n) is 4.29. The molecule has 0 spiro atoms. The third-order valence-corrected chi connectivity index (χ3v) is 4.29. The number of para-hydroxylation sites is 1. The zero-order valence-corrected chi connectivity index (χ0v) is 12.6. The predicted octanol–water partition coefficient (Wildman–Crippen LogP) is 3.63. The standard InChI is InChI=1S/C19H20N2O/c1-2-4-7-14(6-3-1)13-22-18-9-5-8-16-15-10-11-20-12-17(15)21-19(16)18/h1,3-9,20-21H,2,10-13H2.